The molecule has 166 valence electrons. The average molecular weight is 473 g/mol. The molecule has 2 heterocycles. The Morgan fingerprint density at radius 3 is 2.53 bits per heavy atom. The fourth-order valence-electron chi connectivity index (χ4n) is 3.91. The van der Waals surface area contributed by atoms with E-state index in [1.165, 1.54) is 0 Å². The third-order valence-electron chi connectivity index (χ3n) is 5.50. The van der Waals surface area contributed by atoms with Crippen LogP contribution in [0.25, 0.3) is 10.9 Å². The van der Waals surface area contributed by atoms with Crippen LogP contribution in [0.2, 0.25) is 10.0 Å². The molecule has 1 N–H and O–H groups in total. The van der Waals surface area contributed by atoms with Crippen molar-refractivity contribution in [2.45, 2.75) is 13.5 Å². The number of likely N-dealkylation sites (N-methyl/N-ethyl adjacent to an activating group) is 1. The number of carbonyl (C=O) groups excluding carboxylic acids is 2. The number of nitrogens with one attached hydrogen (secondary N) is 1. The molecule has 1 fully saturated rings. The first-order valence-corrected chi connectivity index (χ1v) is 10.8. The summed E-state index contributed by atoms with van der Waals surface area (Å²) in [6, 6.07) is 8.48. The lowest BCUT2D eigenvalue weighted by atomic mass is 10.0. The summed E-state index contributed by atoms with van der Waals surface area (Å²) in [5.41, 5.74) is 3.73. The van der Waals surface area contributed by atoms with Gasteiger partial charge in [0.2, 0.25) is 0 Å². The molecule has 1 aromatic heterocycles. The molecule has 9 heteroatoms. The van der Waals surface area contributed by atoms with Crippen LogP contribution < -0.4 is 10.2 Å². The molecule has 0 unspecified atom stereocenters. The summed E-state index contributed by atoms with van der Waals surface area (Å²) in [6.07, 6.45) is 1.68. The maximum absolute atomic E-state index is 13.0. The Kier molecular flexibility index (Phi) is 6.24. The average Bonchev–Trinajstić information content (AvgIpc) is 3.08. The van der Waals surface area contributed by atoms with Gasteiger partial charge in [0.15, 0.2) is 0 Å². The van der Waals surface area contributed by atoms with Crippen molar-refractivity contribution in [2.75, 3.05) is 37.5 Å². The summed E-state index contributed by atoms with van der Waals surface area (Å²) in [6.45, 7) is 3.42. The van der Waals surface area contributed by atoms with Crippen molar-refractivity contribution < 1.29 is 14.3 Å². The molecule has 2 aromatic carbocycles. The van der Waals surface area contributed by atoms with E-state index < -0.39 is 5.91 Å². The van der Waals surface area contributed by atoms with Crippen LogP contribution in [0.4, 0.5) is 16.2 Å². The fourth-order valence-corrected chi connectivity index (χ4v) is 4.48. The van der Waals surface area contributed by atoms with Gasteiger partial charge in [-0.2, -0.15) is 0 Å². The predicted octanol–water partition coefficient (Wildman–Crippen LogP) is 5.12. The number of aromatic nitrogens is 1. The number of pyridine rings is 1. The highest BCUT2D eigenvalue weighted by Crippen LogP contribution is 2.38. The van der Waals surface area contributed by atoms with Crippen molar-refractivity contribution in [3.8, 4) is 0 Å². The smallest absolute Gasteiger partial charge is 0.324 e. The van der Waals surface area contributed by atoms with Crippen molar-refractivity contribution in [3.63, 3.8) is 0 Å². The van der Waals surface area contributed by atoms with Crippen LogP contribution in [0.3, 0.4) is 0 Å². The maximum atomic E-state index is 13.0. The molecule has 3 aromatic rings. The van der Waals surface area contributed by atoms with Crippen molar-refractivity contribution in [2.24, 2.45) is 0 Å². The lowest BCUT2D eigenvalue weighted by Gasteiger charge is -2.23. The van der Waals surface area contributed by atoms with Crippen molar-refractivity contribution in [1.29, 1.82) is 0 Å². The van der Waals surface area contributed by atoms with E-state index in [1.807, 2.05) is 13.0 Å². The number of hydrogen-bond acceptors (Lipinski definition) is 4. The van der Waals surface area contributed by atoms with E-state index in [0.717, 1.165) is 22.2 Å². The molecule has 1 saturated heterocycles. The normalized spacial score (nSPS) is 13.8. The van der Waals surface area contributed by atoms with Gasteiger partial charge >= 0.3 is 6.03 Å². The number of urea groups is 1. The minimum atomic E-state index is -0.438. The molecule has 0 bridgehead atoms. The topological polar surface area (TPSA) is 74.8 Å². The first-order chi connectivity index (χ1) is 15.3. The molecule has 3 amide bonds. The number of carbonyl (C=O) groups is 2. The van der Waals surface area contributed by atoms with Crippen molar-refractivity contribution >= 4 is 57.4 Å². The quantitative estimate of drug-likeness (QED) is 0.558. The van der Waals surface area contributed by atoms with Crippen LogP contribution in [-0.2, 0) is 11.3 Å². The van der Waals surface area contributed by atoms with Crippen LogP contribution in [0.15, 0.2) is 36.5 Å². The summed E-state index contributed by atoms with van der Waals surface area (Å²) in [4.78, 5) is 33.8. The number of anilines is 2. The number of ether oxygens (including phenoxy) is 1. The standard InChI is InChI=1S/C23H22Cl2N4O3/c1-13-7-8-17(27-22(30)19-15(24)5-4-6-16(19)25)20-18(13)21(14(11-26-20)12-32-3)29-10-9-28(2)23(29)31/h4-8,11H,9-10,12H2,1-3H3,(H,27,30). The number of fused-ring (bicyclic) bond motifs is 1. The van der Waals surface area contributed by atoms with Gasteiger partial charge in [-0.05, 0) is 30.7 Å². The Labute approximate surface area is 195 Å². The molecule has 0 atom stereocenters. The van der Waals surface area contributed by atoms with Gasteiger partial charge in [-0.25, -0.2) is 4.79 Å². The van der Waals surface area contributed by atoms with Gasteiger partial charge in [-0.1, -0.05) is 35.3 Å². The maximum Gasteiger partial charge on any atom is 0.324 e. The van der Waals surface area contributed by atoms with Gasteiger partial charge in [0.05, 0.1) is 39.1 Å². The van der Waals surface area contributed by atoms with Crippen LogP contribution in [0, 0.1) is 6.92 Å². The van der Waals surface area contributed by atoms with Gasteiger partial charge in [0, 0.05) is 44.4 Å². The first kappa shape index (κ1) is 22.3. The number of nitrogens with zero attached hydrogens (tertiary/aromatic N) is 3. The van der Waals surface area contributed by atoms with Crippen LogP contribution in [0.5, 0.6) is 0 Å². The number of methoxy groups -OCH3 is 1. The number of rotatable bonds is 5. The number of benzene rings is 2. The number of aryl methyl sites for hydroxylation is 1. The zero-order chi connectivity index (χ0) is 23.0. The van der Waals surface area contributed by atoms with Gasteiger partial charge in [-0.3, -0.25) is 14.7 Å². The van der Waals surface area contributed by atoms with E-state index in [-0.39, 0.29) is 21.6 Å². The zero-order valence-electron chi connectivity index (χ0n) is 17.9. The monoisotopic (exact) mass is 472 g/mol. The van der Waals surface area contributed by atoms with Crippen LogP contribution in [0.1, 0.15) is 21.5 Å². The molecule has 0 radical (unpaired) electrons. The molecule has 0 aliphatic carbocycles. The van der Waals surface area contributed by atoms with Gasteiger partial charge < -0.3 is 15.0 Å². The summed E-state index contributed by atoms with van der Waals surface area (Å²) in [7, 11) is 3.37. The summed E-state index contributed by atoms with van der Waals surface area (Å²) < 4.78 is 5.37. The third kappa shape index (κ3) is 3.88. The Bertz CT molecular complexity index is 1210. The highest BCUT2D eigenvalue weighted by atomic mass is 35.5. The number of amides is 3. The molecular weight excluding hydrogens is 451 g/mol. The van der Waals surface area contributed by atoms with E-state index in [4.69, 9.17) is 27.9 Å². The Hall–Kier alpha value is -2.87. The van der Waals surface area contributed by atoms with Gasteiger partial charge in [0.25, 0.3) is 5.91 Å². The summed E-state index contributed by atoms with van der Waals surface area (Å²) in [5, 5.41) is 4.18. The van der Waals surface area contributed by atoms with E-state index in [0.29, 0.717) is 30.9 Å². The third-order valence-corrected chi connectivity index (χ3v) is 6.13. The second kappa shape index (κ2) is 8.94. The number of halogens is 2. The van der Waals surface area contributed by atoms with E-state index in [1.54, 1.807) is 54.4 Å². The molecule has 7 nitrogen and oxygen atoms in total. The minimum absolute atomic E-state index is 0.0912. The summed E-state index contributed by atoms with van der Waals surface area (Å²) >= 11 is 12.4. The largest absolute Gasteiger partial charge is 0.380 e. The summed E-state index contributed by atoms with van der Waals surface area (Å²) in [5.74, 6) is -0.438. The Balaban J connectivity index is 1.86. The molecule has 0 saturated carbocycles. The molecule has 4 rings (SSSR count). The Morgan fingerprint density at radius 1 is 1.19 bits per heavy atom. The van der Waals surface area contributed by atoms with Crippen molar-refractivity contribution in [1.82, 2.24) is 9.88 Å². The zero-order valence-corrected chi connectivity index (χ0v) is 19.4. The highest BCUT2D eigenvalue weighted by molar-refractivity contribution is 6.40. The van der Waals surface area contributed by atoms with Gasteiger partial charge in [0.1, 0.15) is 0 Å². The van der Waals surface area contributed by atoms with E-state index in [2.05, 4.69) is 10.3 Å². The molecule has 0 spiro atoms. The second-order valence-electron chi connectivity index (χ2n) is 7.63. The minimum Gasteiger partial charge on any atom is -0.380 e. The molecule has 1 aliphatic rings. The van der Waals surface area contributed by atoms with E-state index >= 15 is 0 Å². The fraction of sp³-hybridized carbons (Fsp3) is 0.261. The SMILES string of the molecule is COCc1cnc2c(NC(=O)c3c(Cl)cccc3Cl)ccc(C)c2c1N1CCN(C)C1=O. The van der Waals surface area contributed by atoms with Crippen molar-refractivity contribution in [3.05, 3.63) is 63.3 Å². The molecule has 1 aliphatic heterocycles. The molecule has 32 heavy (non-hydrogen) atoms. The second-order valence-corrected chi connectivity index (χ2v) is 8.44. The van der Waals surface area contributed by atoms with Crippen LogP contribution >= 0.6 is 23.2 Å². The predicted molar refractivity (Wildman–Crippen MR) is 127 cm³/mol. The number of hydrogen-bond donors (Lipinski definition) is 1. The van der Waals surface area contributed by atoms with Crippen LogP contribution in [-0.4, -0.2) is 49.1 Å². The van der Waals surface area contributed by atoms with Gasteiger partial charge in [-0.15, -0.1) is 0 Å². The first-order valence-electron chi connectivity index (χ1n) is 10.0. The highest BCUT2D eigenvalue weighted by Gasteiger charge is 2.31. The lowest BCUT2D eigenvalue weighted by Crippen LogP contribution is -2.30. The lowest BCUT2D eigenvalue weighted by molar-refractivity contribution is 0.102. The Morgan fingerprint density at radius 2 is 1.91 bits per heavy atom. The molecular formula is C23H22Cl2N4O3. The van der Waals surface area contributed by atoms with E-state index in [9.17, 15) is 9.59 Å².